The molecule has 1 amide bonds. The van der Waals surface area contributed by atoms with Crippen molar-refractivity contribution in [2.75, 3.05) is 10.6 Å². The maximum Gasteiger partial charge on any atom is 0.257 e. The van der Waals surface area contributed by atoms with Gasteiger partial charge in [-0.25, -0.2) is 0 Å². The quantitative estimate of drug-likeness (QED) is 0.638. The SMILES string of the molecule is CC(=O)c1ccc(NC(=O)c2cncc(NCc3ccccc3C)c2)cc1. The number of ketones is 1. The number of carbonyl (C=O) groups excluding carboxylic acids is 2. The van der Waals surface area contributed by atoms with Crippen LogP contribution >= 0.6 is 0 Å². The van der Waals surface area contributed by atoms with E-state index in [0.717, 1.165) is 5.69 Å². The number of benzene rings is 2. The number of amides is 1. The van der Waals surface area contributed by atoms with Crippen molar-refractivity contribution in [2.24, 2.45) is 0 Å². The summed E-state index contributed by atoms with van der Waals surface area (Å²) in [5.41, 5.74) is 4.87. The fourth-order valence-electron chi connectivity index (χ4n) is 2.66. The van der Waals surface area contributed by atoms with E-state index in [1.165, 1.54) is 24.2 Å². The average Bonchev–Trinajstić information content (AvgIpc) is 2.68. The van der Waals surface area contributed by atoms with Gasteiger partial charge in [0, 0.05) is 30.2 Å². The number of anilines is 2. The molecule has 0 atom stereocenters. The zero-order valence-electron chi connectivity index (χ0n) is 15.3. The van der Waals surface area contributed by atoms with E-state index >= 15 is 0 Å². The Kier molecular flexibility index (Phi) is 5.61. The van der Waals surface area contributed by atoms with Crippen molar-refractivity contribution in [3.8, 4) is 0 Å². The Labute approximate surface area is 158 Å². The summed E-state index contributed by atoms with van der Waals surface area (Å²) in [6.07, 6.45) is 3.22. The van der Waals surface area contributed by atoms with E-state index in [-0.39, 0.29) is 11.7 Å². The van der Waals surface area contributed by atoms with Gasteiger partial charge in [0.05, 0.1) is 11.3 Å². The Morgan fingerprint density at radius 3 is 2.37 bits per heavy atom. The second kappa shape index (κ2) is 8.27. The highest BCUT2D eigenvalue weighted by molar-refractivity contribution is 6.04. The summed E-state index contributed by atoms with van der Waals surface area (Å²) in [4.78, 5) is 27.9. The standard InChI is InChI=1S/C22H21N3O2/c1-15-5-3-4-6-18(15)13-24-21-11-19(12-23-14-21)22(27)25-20-9-7-17(8-10-20)16(2)26/h3-12,14,24H,13H2,1-2H3,(H,25,27). The van der Waals surface area contributed by atoms with E-state index in [2.05, 4.69) is 34.7 Å². The van der Waals surface area contributed by atoms with Crippen LogP contribution in [0.5, 0.6) is 0 Å². The highest BCUT2D eigenvalue weighted by Crippen LogP contribution is 2.15. The molecule has 1 heterocycles. The lowest BCUT2D eigenvalue weighted by molar-refractivity contribution is 0.101. The monoisotopic (exact) mass is 359 g/mol. The minimum absolute atomic E-state index is 0.00972. The summed E-state index contributed by atoms with van der Waals surface area (Å²) in [6, 6.07) is 16.7. The van der Waals surface area contributed by atoms with E-state index in [1.807, 2.05) is 12.1 Å². The van der Waals surface area contributed by atoms with Crippen LogP contribution in [0, 0.1) is 6.92 Å². The Bertz CT molecular complexity index is 965. The van der Waals surface area contributed by atoms with E-state index in [4.69, 9.17) is 0 Å². The molecule has 27 heavy (non-hydrogen) atoms. The molecule has 5 heteroatoms. The van der Waals surface area contributed by atoms with Crippen LogP contribution in [-0.4, -0.2) is 16.7 Å². The van der Waals surface area contributed by atoms with Crippen LogP contribution < -0.4 is 10.6 Å². The smallest absolute Gasteiger partial charge is 0.257 e. The molecule has 0 saturated carbocycles. The normalized spacial score (nSPS) is 10.3. The van der Waals surface area contributed by atoms with Crippen LogP contribution in [0.25, 0.3) is 0 Å². The first-order chi connectivity index (χ1) is 13.0. The number of pyridine rings is 1. The molecule has 5 nitrogen and oxygen atoms in total. The maximum absolute atomic E-state index is 12.5. The van der Waals surface area contributed by atoms with Crippen molar-refractivity contribution in [1.82, 2.24) is 4.98 Å². The number of nitrogens with one attached hydrogen (secondary N) is 2. The second-order valence-corrected chi connectivity index (χ2v) is 6.33. The van der Waals surface area contributed by atoms with E-state index < -0.39 is 0 Å². The molecule has 2 aromatic carbocycles. The average molecular weight is 359 g/mol. The van der Waals surface area contributed by atoms with Crippen molar-refractivity contribution in [3.63, 3.8) is 0 Å². The number of aryl methyl sites for hydroxylation is 1. The molecule has 0 bridgehead atoms. The number of hydrogen-bond acceptors (Lipinski definition) is 4. The molecule has 0 spiro atoms. The molecule has 0 aliphatic rings. The van der Waals surface area contributed by atoms with E-state index in [0.29, 0.717) is 23.4 Å². The van der Waals surface area contributed by atoms with Crippen molar-refractivity contribution in [3.05, 3.63) is 89.2 Å². The topological polar surface area (TPSA) is 71.1 Å². The Morgan fingerprint density at radius 2 is 1.67 bits per heavy atom. The van der Waals surface area contributed by atoms with Gasteiger partial charge in [-0.15, -0.1) is 0 Å². The molecule has 0 radical (unpaired) electrons. The van der Waals surface area contributed by atoms with Crippen molar-refractivity contribution >= 4 is 23.1 Å². The highest BCUT2D eigenvalue weighted by atomic mass is 16.1. The molecule has 0 aliphatic heterocycles. The number of nitrogens with zero attached hydrogens (tertiary/aromatic N) is 1. The van der Waals surface area contributed by atoms with Crippen molar-refractivity contribution in [2.45, 2.75) is 20.4 Å². The van der Waals surface area contributed by atoms with Crippen molar-refractivity contribution < 1.29 is 9.59 Å². The van der Waals surface area contributed by atoms with Gasteiger partial charge in [0.1, 0.15) is 0 Å². The van der Waals surface area contributed by atoms with Crippen LogP contribution in [0.15, 0.2) is 67.0 Å². The van der Waals surface area contributed by atoms with Gasteiger partial charge in [0.2, 0.25) is 0 Å². The van der Waals surface area contributed by atoms with E-state index in [1.54, 1.807) is 36.5 Å². The molecule has 2 N–H and O–H groups in total. The number of rotatable bonds is 6. The maximum atomic E-state index is 12.5. The molecule has 0 saturated heterocycles. The minimum Gasteiger partial charge on any atom is -0.380 e. The summed E-state index contributed by atoms with van der Waals surface area (Å²) in [5, 5.41) is 6.12. The molecular weight excluding hydrogens is 338 g/mol. The van der Waals surface area contributed by atoms with Crippen LogP contribution in [0.1, 0.15) is 38.8 Å². The van der Waals surface area contributed by atoms with Gasteiger partial charge in [-0.2, -0.15) is 0 Å². The lowest BCUT2D eigenvalue weighted by Crippen LogP contribution is -2.13. The van der Waals surface area contributed by atoms with Crippen LogP contribution in [0.2, 0.25) is 0 Å². The van der Waals surface area contributed by atoms with Crippen LogP contribution in [0.3, 0.4) is 0 Å². The zero-order valence-corrected chi connectivity index (χ0v) is 15.3. The van der Waals surface area contributed by atoms with Gasteiger partial charge in [-0.1, -0.05) is 24.3 Å². The predicted octanol–water partition coefficient (Wildman–Crippen LogP) is 4.46. The van der Waals surface area contributed by atoms with Gasteiger partial charge in [0.25, 0.3) is 5.91 Å². The first-order valence-corrected chi connectivity index (χ1v) is 8.69. The van der Waals surface area contributed by atoms with E-state index in [9.17, 15) is 9.59 Å². The Morgan fingerprint density at radius 1 is 0.926 bits per heavy atom. The summed E-state index contributed by atoms with van der Waals surface area (Å²) >= 11 is 0. The third-order valence-corrected chi connectivity index (χ3v) is 4.29. The number of carbonyl (C=O) groups is 2. The number of Topliss-reactive ketones (excluding diaryl/α,β-unsaturated/α-hetero) is 1. The lowest BCUT2D eigenvalue weighted by atomic mass is 10.1. The summed E-state index contributed by atoms with van der Waals surface area (Å²) in [5.74, 6) is -0.262. The van der Waals surface area contributed by atoms with Gasteiger partial charge in [-0.05, 0) is 55.3 Å². The third-order valence-electron chi connectivity index (χ3n) is 4.29. The van der Waals surface area contributed by atoms with Crippen LogP contribution in [0.4, 0.5) is 11.4 Å². The molecule has 3 rings (SSSR count). The molecule has 136 valence electrons. The molecule has 1 aromatic heterocycles. The highest BCUT2D eigenvalue weighted by Gasteiger charge is 2.08. The Balaban J connectivity index is 1.66. The summed E-state index contributed by atoms with van der Waals surface area (Å²) < 4.78 is 0. The zero-order chi connectivity index (χ0) is 19.2. The van der Waals surface area contributed by atoms with Gasteiger partial charge in [-0.3, -0.25) is 14.6 Å². The van der Waals surface area contributed by atoms with Crippen molar-refractivity contribution in [1.29, 1.82) is 0 Å². The second-order valence-electron chi connectivity index (χ2n) is 6.33. The fourth-order valence-corrected chi connectivity index (χ4v) is 2.66. The lowest BCUT2D eigenvalue weighted by Gasteiger charge is -2.10. The molecule has 0 fully saturated rings. The molecule has 0 aliphatic carbocycles. The predicted molar refractivity (Wildman–Crippen MR) is 107 cm³/mol. The van der Waals surface area contributed by atoms with Gasteiger partial charge >= 0.3 is 0 Å². The first-order valence-electron chi connectivity index (χ1n) is 8.69. The number of hydrogen-bond donors (Lipinski definition) is 2. The molecule has 0 unspecified atom stereocenters. The fraction of sp³-hybridized carbons (Fsp3) is 0.136. The largest absolute Gasteiger partial charge is 0.380 e. The Hall–Kier alpha value is -3.47. The summed E-state index contributed by atoms with van der Waals surface area (Å²) in [7, 11) is 0. The van der Waals surface area contributed by atoms with Crippen LogP contribution in [-0.2, 0) is 6.54 Å². The number of aromatic nitrogens is 1. The van der Waals surface area contributed by atoms with Gasteiger partial charge < -0.3 is 10.6 Å². The third kappa shape index (κ3) is 4.79. The minimum atomic E-state index is -0.252. The summed E-state index contributed by atoms with van der Waals surface area (Å²) in [6.45, 7) is 4.23. The first kappa shape index (κ1) is 18.3. The molecule has 3 aromatic rings. The molecular formula is C22H21N3O2. The van der Waals surface area contributed by atoms with Gasteiger partial charge in [0.15, 0.2) is 5.78 Å².